The van der Waals surface area contributed by atoms with E-state index in [0.717, 1.165) is 10.1 Å². The molecule has 1 aromatic carbocycles. The van der Waals surface area contributed by atoms with Crippen LogP contribution in [0.15, 0.2) is 33.9 Å². The minimum Gasteiger partial charge on any atom is -0.364 e. The van der Waals surface area contributed by atoms with E-state index in [1.54, 1.807) is 12.1 Å². The van der Waals surface area contributed by atoms with Gasteiger partial charge < -0.3 is 5.32 Å². The summed E-state index contributed by atoms with van der Waals surface area (Å²) in [6, 6.07) is 6.00. The minimum absolute atomic E-state index is 0.191. The third kappa shape index (κ3) is 3.04. The normalized spacial score (nSPS) is 18.1. The molecule has 2 heterocycles. The number of aromatic amines is 1. The fourth-order valence-electron chi connectivity index (χ4n) is 2.89. The highest BCUT2D eigenvalue weighted by atomic mass is 19.1. The third-order valence-electron chi connectivity index (χ3n) is 3.97. The third-order valence-corrected chi connectivity index (χ3v) is 3.97. The Morgan fingerprint density at radius 3 is 2.87 bits per heavy atom. The average Bonchev–Trinajstić information content (AvgIpc) is 2.50. The summed E-state index contributed by atoms with van der Waals surface area (Å²) < 4.78 is 27.4. The zero-order valence-corrected chi connectivity index (χ0v) is 12.6. The number of hydrogen-bond acceptors (Lipinski definition) is 3. The highest BCUT2D eigenvalue weighted by Crippen LogP contribution is 2.29. The summed E-state index contributed by atoms with van der Waals surface area (Å²) in [4.78, 5) is 26.9. The van der Waals surface area contributed by atoms with Crippen molar-refractivity contribution in [1.29, 1.82) is 0 Å². The van der Waals surface area contributed by atoms with Gasteiger partial charge in [0, 0.05) is 0 Å². The molecule has 1 aliphatic heterocycles. The van der Waals surface area contributed by atoms with Gasteiger partial charge in [-0.3, -0.25) is 14.3 Å². The summed E-state index contributed by atoms with van der Waals surface area (Å²) in [6.45, 7) is 1.03. The summed E-state index contributed by atoms with van der Waals surface area (Å²) in [5.41, 5.74) is 0.0556. The highest BCUT2D eigenvalue weighted by molar-refractivity contribution is 5.47. The van der Waals surface area contributed by atoms with Crippen LogP contribution in [0.4, 0.5) is 14.6 Å². The molecule has 3 rings (SSSR count). The zero-order chi connectivity index (χ0) is 16.6. The maximum absolute atomic E-state index is 13.3. The molecular weight excluding hydrogens is 304 g/mol. The molecular formula is C16H17F2N3O2. The second-order valence-electron chi connectivity index (χ2n) is 5.77. The average molecular weight is 321 g/mol. The molecule has 0 spiro atoms. The van der Waals surface area contributed by atoms with Gasteiger partial charge in [-0.15, -0.1) is 0 Å². The summed E-state index contributed by atoms with van der Waals surface area (Å²) in [6.07, 6.45) is -0.272. The number of aromatic nitrogens is 2. The Morgan fingerprint density at radius 1 is 1.39 bits per heavy atom. The molecule has 2 aromatic rings. The van der Waals surface area contributed by atoms with E-state index in [1.807, 2.05) is 0 Å². The van der Waals surface area contributed by atoms with Crippen molar-refractivity contribution in [3.05, 3.63) is 62.0 Å². The predicted molar refractivity (Wildman–Crippen MR) is 83.0 cm³/mol. The van der Waals surface area contributed by atoms with E-state index in [1.165, 1.54) is 19.1 Å². The van der Waals surface area contributed by atoms with Crippen molar-refractivity contribution in [3.8, 4) is 0 Å². The highest BCUT2D eigenvalue weighted by Gasteiger charge is 2.24. The Labute approximate surface area is 131 Å². The van der Waals surface area contributed by atoms with Gasteiger partial charge in [-0.2, -0.15) is 0 Å². The van der Waals surface area contributed by atoms with Crippen LogP contribution in [0.5, 0.6) is 0 Å². The second kappa shape index (κ2) is 5.98. The Bertz CT molecular complexity index is 842. The lowest BCUT2D eigenvalue weighted by Crippen LogP contribution is -2.41. The fourth-order valence-corrected chi connectivity index (χ4v) is 2.89. The molecule has 23 heavy (non-hydrogen) atoms. The number of nitrogens with one attached hydrogen (secondary N) is 2. The van der Waals surface area contributed by atoms with Crippen molar-refractivity contribution in [3.63, 3.8) is 0 Å². The van der Waals surface area contributed by atoms with E-state index in [0.29, 0.717) is 24.2 Å². The SMILES string of the molecule is CC(F)Cn1c(=O)[nH]c2c(c1=O)CC[C@H](c1cccc(F)c1)N2. The number of nitrogens with zero attached hydrogens (tertiary/aromatic N) is 1. The quantitative estimate of drug-likeness (QED) is 0.910. The van der Waals surface area contributed by atoms with E-state index < -0.39 is 17.4 Å². The number of anilines is 1. The van der Waals surface area contributed by atoms with Crippen LogP contribution in [0.1, 0.15) is 30.5 Å². The van der Waals surface area contributed by atoms with Crippen LogP contribution in [0.2, 0.25) is 0 Å². The van der Waals surface area contributed by atoms with Crippen molar-refractivity contribution < 1.29 is 8.78 Å². The van der Waals surface area contributed by atoms with Crippen LogP contribution in [-0.2, 0) is 13.0 Å². The molecule has 0 saturated heterocycles. The van der Waals surface area contributed by atoms with Gasteiger partial charge in [-0.25, -0.2) is 13.6 Å². The first kappa shape index (κ1) is 15.5. The first-order chi connectivity index (χ1) is 11.0. The number of halogens is 2. The number of alkyl halides is 1. The van der Waals surface area contributed by atoms with Crippen molar-refractivity contribution in [2.75, 3.05) is 5.32 Å². The van der Waals surface area contributed by atoms with Crippen LogP contribution in [-0.4, -0.2) is 15.7 Å². The minimum atomic E-state index is -1.29. The van der Waals surface area contributed by atoms with Gasteiger partial charge in [-0.1, -0.05) is 12.1 Å². The smallest absolute Gasteiger partial charge is 0.330 e. The number of fused-ring (bicyclic) bond motifs is 1. The summed E-state index contributed by atoms with van der Waals surface area (Å²) in [5, 5.41) is 3.07. The molecule has 0 fully saturated rings. The number of hydrogen-bond donors (Lipinski definition) is 2. The van der Waals surface area contributed by atoms with Crippen molar-refractivity contribution >= 4 is 5.82 Å². The van der Waals surface area contributed by atoms with Crippen LogP contribution in [0.25, 0.3) is 0 Å². The van der Waals surface area contributed by atoms with E-state index in [2.05, 4.69) is 10.3 Å². The molecule has 5 nitrogen and oxygen atoms in total. The van der Waals surface area contributed by atoms with Crippen molar-refractivity contribution in [1.82, 2.24) is 9.55 Å². The van der Waals surface area contributed by atoms with E-state index in [9.17, 15) is 18.4 Å². The topological polar surface area (TPSA) is 66.9 Å². The maximum Gasteiger partial charge on any atom is 0.330 e. The van der Waals surface area contributed by atoms with Crippen molar-refractivity contribution in [2.24, 2.45) is 0 Å². The van der Waals surface area contributed by atoms with Crippen molar-refractivity contribution in [2.45, 2.75) is 38.5 Å². The molecule has 2 atom stereocenters. The van der Waals surface area contributed by atoms with Gasteiger partial charge in [0.05, 0.1) is 18.2 Å². The number of H-pyrrole nitrogens is 1. The van der Waals surface area contributed by atoms with E-state index in [4.69, 9.17) is 0 Å². The first-order valence-electron chi connectivity index (χ1n) is 7.48. The van der Waals surface area contributed by atoms with Gasteiger partial charge in [0.1, 0.15) is 17.8 Å². The molecule has 1 aromatic heterocycles. The van der Waals surface area contributed by atoms with Gasteiger partial charge >= 0.3 is 5.69 Å². The van der Waals surface area contributed by atoms with Gasteiger partial charge in [-0.05, 0) is 37.5 Å². The summed E-state index contributed by atoms with van der Waals surface area (Å²) >= 11 is 0. The van der Waals surface area contributed by atoms with Crippen LogP contribution >= 0.6 is 0 Å². The van der Waals surface area contributed by atoms with E-state index in [-0.39, 0.29) is 18.4 Å². The molecule has 7 heteroatoms. The second-order valence-corrected chi connectivity index (χ2v) is 5.77. The Hall–Kier alpha value is -2.44. The molecule has 0 aliphatic carbocycles. The van der Waals surface area contributed by atoms with Crippen LogP contribution in [0, 0.1) is 5.82 Å². The predicted octanol–water partition coefficient (Wildman–Crippen LogP) is 2.13. The van der Waals surface area contributed by atoms with Gasteiger partial charge in [0.25, 0.3) is 5.56 Å². The zero-order valence-electron chi connectivity index (χ0n) is 12.6. The number of benzene rings is 1. The molecule has 0 saturated carbocycles. The molecule has 0 bridgehead atoms. The van der Waals surface area contributed by atoms with Crippen LogP contribution in [0.3, 0.4) is 0 Å². The van der Waals surface area contributed by atoms with Gasteiger partial charge in [0.15, 0.2) is 0 Å². The Kier molecular flexibility index (Phi) is 4.02. The maximum atomic E-state index is 13.3. The summed E-state index contributed by atoms with van der Waals surface area (Å²) in [5.74, 6) is -0.000728. The van der Waals surface area contributed by atoms with Crippen LogP contribution < -0.4 is 16.6 Å². The molecule has 2 N–H and O–H groups in total. The molecule has 0 radical (unpaired) electrons. The standard InChI is InChI=1S/C16H17F2N3O2/c1-9(17)8-21-15(22)12-5-6-13(19-14(12)20-16(21)23)10-3-2-4-11(18)7-10/h2-4,7,9,13,19H,5-6,8H2,1H3,(H,20,23)/t9?,13-/m1/s1. The largest absolute Gasteiger partial charge is 0.364 e. The van der Waals surface area contributed by atoms with Gasteiger partial charge in [0.2, 0.25) is 0 Å². The first-order valence-corrected chi connectivity index (χ1v) is 7.48. The van der Waals surface area contributed by atoms with E-state index >= 15 is 0 Å². The molecule has 1 unspecified atom stereocenters. The fraction of sp³-hybridized carbons (Fsp3) is 0.375. The molecule has 122 valence electrons. The molecule has 1 aliphatic rings. The summed E-state index contributed by atoms with van der Waals surface area (Å²) in [7, 11) is 0. The lowest BCUT2D eigenvalue weighted by atomic mass is 9.96. The Balaban J connectivity index is 1.96. The molecule has 0 amide bonds. The lowest BCUT2D eigenvalue weighted by molar-refractivity contribution is 0.312. The Morgan fingerprint density at radius 2 is 2.17 bits per heavy atom. The number of rotatable bonds is 3. The lowest BCUT2D eigenvalue weighted by Gasteiger charge is -2.27. The monoisotopic (exact) mass is 321 g/mol.